The van der Waals surface area contributed by atoms with Crippen LogP contribution in [0.1, 0.15) is 22.3 Å². The first-order valence-corrected chi connectivity index (χ1v) is 8.19. The molecule has 0 aliphatic heterocycles. The zero-order chi connectivity index (χ0) is 19.7. The van der Waals surface area contributed by atoms with E-state index in [1.54, 1.807) is 0 Å². The smallest absolute Gasteiger partial charge is 0.410 e. The minimum absolute atomic E-state index is 0.440. The van der Waals surface area contributed by atoms with Gasteiger partial charge in [0.05, 0.1) is 0 Å². The Morgan fingerprint density at radius 1 is 0.615 bits per heavy atom. The number of ether oxygens (including phenoxy) is 2. The molecule has 2 aromatic rings. The molecule has 0 aliphatic carbocycles. The predicted molar refractivity (Wildman–Crippen MR) is 102 cm³/mol. The Hall–Kier alpha value is -3.02. The summed E-state index contributed by atoms with van der Waals surface area (Å²) in [6, 6.07) is 11.3. The highest BCUT2D eigenvalue weighted by atomic mass is 16.6. The van der Waals surface area contributed by atoms with E-state index in [0.29, 0.717) is 11.5 Å². The molecule has 0 aliphatic rings. The second-order valence-corrected chi connectivity index (χ2v) is 5.93. The Kier molecular flexibility index (Phi) is 8.15. The van der Waals surface area contributed by atoms with E-state index in [-0.39, 0.29) is 0 Å². The summed E-state index contributed by atoms with van der Waals surface area (Å²) in [5.41, 5.74) is 4.33. The Morgan fingerprint density at radius 3 is 1.12 bits per heavy atom. The van der Waals surface area contributed by atoms with Crippen molar-refractivity contribution in [2.45, 2.75) is 27.7 Å². The maximum atomic E-state index is 10.9. The summed E-state index contributed by atoms with van der Waals surface area (Å²) in [5, 5.41) is 4.78. The second kappa shape index (κ2) is 10.1. The summed E-state index contributed by atoms with van der Waals surface area (Å²) in [5.74, 6) is 1.16. The van der Waals surface area contributed by atoms with Crippen LogP contribution in [0.3, 0.4) is 0 Å². The third-order valence-corrected chi connectivity index (χ3v) is 3.22. The highest BCUT2D eigenvalue weighted by Gasteiger charge is 2.02. The van der Waals surface area contributed by atoms with Crippen molar-refractivity contribution in [2.24, 2.45) is 0 Å². The van der Waals surface area contributed by atoms with E-state index in [2.05, 4.69) is 10.6 Å². The van der Waals surface area contributed by atoms with Crippen LogP contribution < -0.4 is 20.1 Å². The Labute approximate surface area is 154 Å². The lowest BCUT2D eigenvalue weighted by molar-refractivity contribution is 0.202. The largest absolute Gasteiger partial charge is 0.412 e. The van der Waals surface area contributed by atoms with Crippen molar-refractivity contribution in [3.05, 3.63) is 58.7 Å². The van der Waals surface area contributed by atoms with Crippen molar-refractivity contribution in [2.75, 3.05) is 14.1 Å². The van der Waals surface area contributed by atoms with Gasteiger partial charge in [-0.2, -0.15) is 0 Å². The standard InChI is InChI=1S/2C10H13NO2/c2*1-7-4-8(2)6-9(5-7)13-10(12)11-3/h2*4-6H,1-3H3,(H,11,12). The van der Waals surface area contributed by atoms with Crippen molar-refractivity contribution in [3.8, 4) is 11.5 Å². The molecule has 2 rings (SSSR count). The molecule has 0 spiro atoms. The van der Waals surface area contributed by atoms with Gasteiger partial charge < -0.3 is 20.1 Å². The van der Waals surface area contributed by atoms with Crippen molar-refractivity contribution in [1.82, 2.24) is 10.6 Å². The number of carbonyl (C=O) groups is 2. The third kappa shape index (κ3) is 7.70. The molecule has 0 unspecified atom stereocenters. The SMILES string of the molecule is CNC(=O)Oc1cc(C)cc(C)c1.CNC(=O)Oc1cc(C)cc(C)c1. The van der Waals surface area contributed by atoms with Crippen LogP contribution in [0, 0.1) is 27.7 Å². The number of aryl methyl sites for hydroxylation is 4. The molecular formula is C20H26N2O4. The summed E-state index contributed by atoms with van der Waals surface area (Å²) in [6.07, 6.45) is -0.880. The topological polar surface area (TPSA) is 76.7 Å². The van der Waals surface area contributed by atoms with Gasteiger partial charge in [-0.15, -0.1) is 0 Å². The van der Waals surface area contributed by atoms with E-state index >= 15 is 0 Å². The van der Waals surface area contributed by atoms with E-state index in [1.807, 2.05) is 64.1 Å². The lowest BCUT2D eigenvalue weighted by Crippen LogP contribution is -2.22. The Balaban J connectivity index is 0.000000260. The highest BCUT2D eigenvalue weighted by Crippen LogP contribution is 2.16. The van der Waals surface area contributed by atoms with E-state index < -0.39 is 12.2 Å². The maximum absolute atomic E-state index is 10.9. The molecule has 0 saturated carbocycles. The molecule has 2 aromatic carbocycles. The maximum Gasteiger partial charge on any atom is 0.412 e. The van der Waals surface area contributed by atoms with Crippen LogP contribution in [0.2, 0.25) is 0 Å². The molecule has 0 aromatic heterocycles. The number of hydrogen-bond acceptors (Lipinski definition) is 4. The summed E-state index contributed by atoms with van der Waals surface area (Å²) < 4.78 is 9.95. The molecule has 6 heteroatoms. The minimum Gasteiger partial charge on any atom is -0.410 e. The van der Waals surface area contributed by atoms with Crippen LogP contribution in [0.5, 0.6) is 11.5 Å². The highest BCUT2D eigenvalue weighted by molar-refractivity contribution is 5.70. The van der Waals surface area contributed by atoms with Crippen LogP contribution in [-0.2, 0) is 0 Å². The molecule has 0 heterocycles. The summed E-state index contributed by atoms with van der Waals surface area (Å²) in [7, 11) is 3.07. The van der Waals surface area contributed by atoms with Gasteiger partial charge in [0.15, 0.2) is 0 Å². The van der Waals surface area contributed by atoms with Gasteiger partial charge in [0.2, 0.25) is 0 Å². The number of amides is 2. The van der Waals surface area contributed by atoms with Gasteiger partial charge in [0.1, 0.15) is 11.5 Å². The fourth-order valence-corrected chi connectivity index (χ4v) is 2.30. The molecule has 140 valence electrons. The third-order valence-electron chi connectivity index (χ3n) is 3.22. The number of rotatable bonds is 2. The van der Waals surface area contributed by atoms with E-state index in [4.69, 9.17) is 9.47 Å². The van der Waals surface area contributed by atoms with Crippen molar-refractivity contribution >= 4 is 12.2 Å². The first-order valence-electron chi connectivity index (χ1n) is 8.19. The summed E-state index contributed by atoms with van der Waals surface area (Å²) in [4.78, 5) is 21.7. The van der Waals surface area contributed by atoms with Crippen molar-refractivity contribution in [3.63, 3.8) is 0 Å². The molecule has 0 bridgehead atoms. The normalized spacial score (nSPS) is 9.46. The van der Waals surface area contributed by atoms with Gasteiger partial charge in [-0.25, -0.2) is 9.59 Å². The fraction of sp³-hybridized carbons (Fsp3) is 0.300. The molecule has 2 amide bonds. The first kappa shape index (κ1) is 21.0. The van der Waals surface area contributed by atoms with Crippen LogP contribution >= 0.6 is 0 Å². The Morgan fingerprint density at radius 2 is 0.885 bits per heavy atom. The van der Waals surface area contributed by atoms with Gasteiger partial charge in [0.25, 0.3) is 0 Å². The molecule has 0 radical (unpaired) electrons. The quantitative estimate of drug-likeness (QED) is 0.849. The minimum atomic E-state index is -0.440. The number of benzene rings is 2. The summed E-state index contributed by atoms with van der Waals surface area (Å²) in [6.45, 7) is 7.85. The molecule has 2 N–H and O–H groups in total. The van der Waals surface area contributed by atoms with Gasteiger partial charge in [0, 0.05) is 14.1 Å². The van der Waals surface area contributed by atoms with Gasteiger partial charge in [-0.05, 0) is 74.2 Å². The van der Waals surface area contributed by atoms with Crippen LogP contribution in [-0.4, -0.2) is 26.3 Å². The van der Waals surface area contributed by atoms with Gasteiger partial charge in [-0.1, -0.05) is 12.1 Å². The fourth-order valence-electron chi connectivity index (χ4n) is 2.30. The predicted octanol–water partition coefficient (Wildman–Crippen LogP) is 4.04. The van der Waals surface area contributed by atoms with E-state index in [9.17, 15) is 9.59 Å². The zero-order valence-electron chi connectivity index (χ0n) is 16.1. The van der Waals surface area contributed by atoms with Crippen molar-refractivity contribution in [1.29, 1.82) is 0 Å². The van der Waals surface area contributed by atoms with E-state index in [0.717, 1.165) is 22.3 Å². The monoisotopic (exact) mass is 358 g/mol. The number of hydrogen-bond donors (Lipinski definition) is 2. The molecule has 6 nitrogen and oxygen atoms in total. The lowest BCUT2D eigenvalue weighted by atomic mass is 10.1. The first-order chi connectivity index (χ1) is 12.2. The Bertz CT molecular complexity index is 666. The molecular weight excluding hydrogens is 332 g/mol. The number of carbonyl (C=O) groups excluding carboxylic acids is 2. The molecule has 0 fully saturated rings. The average molecular weight is 358 g/mol. The van der Waals surface area contributed by atoms with Crippen LogP contribution in [0.15, 0.2) is 36.4 Å². The summed E-state index contributed by atoms with van der Waals surface area (Å²) >= 11 is 0. The average Bonchev–Trinajstić information content (AvgIpc) is 2.53. The molecule has 0 atom stereocenters. The van der Waals surface area contributed by atoms with Crippen molar-refractivity contribution < 1.29 is 19.1 Å². The second-order valence-electron chi connectivity index (χ2n) is 5.93. The zero-order valence-corrected chi connectivity index (χ0v) is 16.1. The molecule has 0 saturated heterocycles. The van der Waals surface area contributed by atoms with Crippen LogP contribution in [0.4, 0.5) is 9.59 Å². The molecule has 26 heavy (non-hydrogen) atoms. The lowest BCUT2D eigenvalue weighted by Gasteiger charge is -2.05. The number of nitrogens with one attached hydrogen (secondary N) is 2. The van der Waals surface area contributed by atoms with Gasteiger partial charge >= 0.3 is 12.2 Å². The van der Waals surface area contributed by atoms with Gasteiger partial charge in [-0.3, -0.25) is 0 Å². The van der Waals surface area contributed by atoms with Crippen LogP contribution in [0.25, 0.3) is 0 Å². The van der Waals surface area contributed by atoms with E-state index in [1.165, 1.54) is 14.1 Å².